The Labute approximate surface area is 160 Å². The van der Waals surface area contributed by atoms with Gasteiger partial charge in [-0.05, 0) is 42.2 Å². The van der Waals surface area contributed by atoms with Crippen molar-refractivity contribution in [1.29, 1.82) is 0 Å². The fourth-order valence-electron chi connectivity index (χ4n) is 4.47. The Morgan fingerprint density at radius 3 is 2.63 bits per heavy atom. The van der Waals surface area contributed by atoms with E-state index in [0.29, 0.717) is 23.9 Å². The average Bonchev–Trinajstić information content (AvgIpc) is 3.22. The number of hydrogen-bond acceptors (Lipinski definition) is 4. The van der Waals surface area contributed by atoms with Crippen molar-refractivity contribution in [3.63, 3.8) is 0 Å². The summed E-state index contributed by atoms with van der Waals surface area (Å²) in [7, 11) is -3.35. The number of benzene rings is 2. The van der Waals surface area contributed by atoms with Crippen LogP contribution in [0.25, 0.3) is 0 Å². The third-order valence-corrected chi connectivity index (χ3v) is 6.95. The lowest BCUT2D eigenvalue weighted by Crippen LogP contribution is -2.35. The number of amides is 1. The van der Waals surface area contributed by atoms with Crippen LogP contribution in [0.2, 0.25) is 0 Å². The fourth-order valence-corrected chi connectivity index (χ4v) is 5.14. The van der Waals surface area contributed by atoms with Crippen LogP contribution in [-0.4, -0.2) is 45.1 Å². The van der Waals surface area contributed by atoms with Gasteiger partial charge < -0.3 is 10.2 Å². The Morgan fingerprint density at radius 2 is 1.89 bits per heavy atom. The molecule has 3 atom stereocenters. The molecule has 2 aromatic rings. The zero-order valence-corrected chi connectivity index (χ0v) is 16.4. The van der Waals surface area contributed by atoms with Crippen LogP contribution in [0.4, 0.5) is 0 Å². The van der Waals surface area contributed by atoms with Gasteiger partial charge >= 0.3 is 0 Å². The molecular weight excluding hydrogens is 360 g/mol. The Balaban J connectivity index is 1.73. The van der Waals surface area contributed by atoms with Crippen molar-refractivity contribution in [3.05, 3.63) is 65.2 Å². The van der Waals surface area contributed by atoms with E-state index >= 15 is 0 Å². The van der Waals surface area contributed by atoms with Gasteiger partial charge in [-0.1, -0.05) is 30.3 Å². The van der Waals surface area contributed by atoms with Gasteiger partial charge in [0.2, 0.25) is 0 Å². The minimum atomic E-state index is -3.35. The molecule has 0 aromatic heterocycles. The smallest absolute Gasteiger partial charge is 0.254 e. The van der Waals surface area contributed by atoms with Crippen LogP contribution >= 0.6 is 0 Å². The molecule has 1 amide bonds. The number of fused-ring (bicyclic) bond motifs is 1. The number of nitrogens with zero attached hydrogens (tertiary/aromatic N) is 1. The predicted octanol–water partition coefficient (Wildman–Crippen LogP) is 2.43. The van der Waals surface area contributed by atoms with E-state index in [4.69, 9.17) is 0 Å². The van der Waals surface area contributed by atoms with Crippen molar-refractivity contribution in [2.75, 3.05) is 25.9 Å². The van der Waals surface area contributed by atoms with Crippen LogP contribution < -0.4 is 5.32 Å². The van der Waals surface area contributed by atoms with Gasteiger partial charge in [-0.15, -0.1) is 0 Å². The normalized spacial score (nSPS) is 24.8. The van der Waals surface area contributed by atoms with Crippen LogP contribution in [0.5, 0.6) is 0 Å². The quantitative estimate of drug-likeness (QED) is 0.883. The predicted molar refractivity (Wildman–Crippen MR) is 104 cm³/mol. The molecule has 6 heteroatoms. The average molecular weight is 385 g/mol. The van der Waals surface area contributed by atoms with Crippen molar-refractivity contribution in [3.8, 4) is 0 Å². The van der Waals surface area contributed by atoms with E-state index < -0.39 is 9.84 Å². The molecule has 5 nitrogen and oxygen atoms in total. The molecule has 2 saturated heterocycles. The maximum Gasteiger partial charge on any atom is 0.254 e. The summed E-state index contributed by atoms with van der Waals surface area (Å²) in [6.07, 6.45) is 1.17. The van der Waals surface area contributed by atoms with E-state index in [2.05, 4.69) is 24.4 Å². The summed E-state index contributed by atoms with van der Waals surface area (Å²) in [5, 5.41) is 3.45. The summed E-state index contributed by atoms with van der Waals surface area (Å²) >= 11 is 0. The highest BCUT2D eigenvalue weighted by molar-refractivity contribution is 7.90. The van der Waals surface area contributed by atoms with Gasteiger partial charge in [0.25, 0.3) is 5.91 Å². The van der Waals surface area contributed by atoms with Crippen molar-refractivity contribution in [2.24, 2.45) is 11.8 Å². The van der Waals surface area contributed by atoms with Gasteiger partial charge in [0.05, 0.1) is 10.9 Å². The minimum Gasteiger partial charge on any atom is -0.331 e. The maximum atomic E-state index is 13.4. The standard InChI is InChI=1S/C21H24N2O3S/c1-14-6-3-4-9-18(14)20-19-12-22-11-16(19)13-23(20)21(24)15-7-5-8-17(10-15)27(2,25)26/h3-10,16,19-20,22H,11-13H2,1-2H3/t16-,19-,20-/m0/s1. The summed E-state index contributed by atoms with van der Waals surface area (Å²) in [6.45, 7) is 4.59. The lowest BCUT2D eigenvalue weighted by Gasteiger charge is -2.29. The summed E-state index contributed by atoms with van der Waals surface area (Å²) in [4.78, 5) is 15.5. The fraction of sp³-hybridized carbons (Fsp3) is 0.381. The van der Waals surface area contributed by atoms with Gasteiger partial charge in [0.15, 0.2) is 9.84 Å². The topological polar surface area (TPSA) is 66.5 Å². The first-order valence-electron chi connectivity index (χ1n) is 9.23. The van der Waals surface area contributed by atoms with E-state index in [0.717, 1.165) is 13.1 Å². The minimum absolute atomic E-state index is 0.0144. The third-order valence-electron chi connectivity index (χ3n) is 5.84. The van der Waals surface area contributed by atoms with Crippen LogP contribution in [-0.2, 0) is 9.84 Å². The number of sulfone groups is 1. The monoisotopic (exact) mass is 384 g/mol. The first-order valence-corrected chi connectivity index (χ1v) is 11.1. The van der Waals surface area contributed by atoms with Crippen molar-refractivity contribution in [1.82, 2.24) is 10.2 Å². The second-order valence-corrected chi connectivity index (χ2v) is 9.66. The van der Waals surface area contributed by atoms with Gasteiger partial charge in [-0.3, -0.25) is 4.79 Å². The highest BCUT2D eigenvalue weighted by Gasteiger charge is 2.47. The van der Waals surface area contributed by atoms with Crippen molar-refractivity contribution in [2.45, 2.75) is 17.9 Å². The molecular formula is C21H24N2O3S. The van der Waals surface area contributed by atoms with Crippen molar-refractivity contribution >= 4 is 15.7 Å². The van der Waals surface area contributed by atoms with Crippen LogP contribution in [0.15, 0.2) is 53.4 Å². The summed E-state index contributed by atoms with van der Waals surface area (Å²) in [5.41, 5.74) is 2.79. The van der Waals surface area contributed by atoms with Crippen LogP contribution in [0.1, 0.15) is 27.5 Å². The number of nitrogens with one attached hydrogen (secondary N) is 1. The Kier molecular flexibility index (Phi) is 4.56. The molecule has 2 aliphatic rings. The van der Waals surface area contributed by atoms with E-state index in [1.807, 2.05) is 17.0 Å². The number of rotatable bonds is 3. The number of carbonyl (C=O) groups excluding carboxylic acids is 1. The molecule has 2 fully saturated rings. The zero-order chi connectivity index (χ0) is 19.2. The molecule has 2 aromatic carbocycles. The van der Waals surface area contributed by atoms with E-state index in [1.165, 1.54) is 29.5 Å². The number of carbonyl (C=O) groups is 1. The molecule has 4 rings (SSSR count). The van der Waals surface area contributed by atoms with Crippen molar-refractivity contribution < 1.29 is 13.2 Å². The Morgan fingerprint density at radius 1 is 1.11 bits per heavy atom. The van der Waals surface area contributed by atoms with E-state index in [1.54, 1.807) is 12.1 Å². The maximum absolute atomic E-state index is 13.4. The molecule has 0 radical (unpaired) electrons. The first-order chi connectivity index (χ1) is 12.9. The molecule has 0 aliphatic carbocycles. The Bertz CT molecular complexity index is 986. The lowest BCUT2D eigenvalue weighted by molar-refractivity contribution is 0.0713. The molecule has 0 bridgehead atoms. The van der Waals surface area contributed by atoms with Gasteiger partial charge in [-0.25, -0.2) is 8.42 Å². The molecule has 2 heterocycles. The summed E-state index contributed by atoms with van der Waals surface area (Å²) in [5.74, 6) is 0.716. The summed E-state index contributed by atoms with van der Waals surface area (Å²) in [6, 6.07) is 14.6. The zero-order valence-electron chi connectivity index (χ0n) is 15.6. The highest BCUT2D eigenvalue weighted by Crippen LogP contribution is 2.44. The highest BCUT2D eigenvalue weighted by atomic mass is 32.2. The molecule has 0 spiro atoms. The number of likely N-dealkylation sites (tertiary alicyclic amines) is 1. The van der Waals surface area contributed by atoms with E-state index in [9.17, 15) is 13.2 Å². The lowest BCUT2D eigenvalue weighted by atomic mass is 9.87. The van der Waals surface area contributed by atoms with Crippen LogP contribution in [0.3, 0.4) is 0 Å². The largest absolute Gasteiger partial charge is 0.331 e. The summed E-state index contributed by atoms with van der Waals surface area (Å²) < 4.78 is 23.8. The Hall–Kier alpha value is -2.18. The second-order valence-electron chi connectivity index (χ2n) is 7.64. The second kappa shape index (κ2) is 6.77. The molecule has 2 aliphatic heterocycles. The first kappa shape index (κ1) is 18.2. The molecule has 0 unspecified atom stereocenters. The van der Waals surface area contributed by atoms with Gasteiger partial charge in [-0.2, -0.15) is 0 Å². The van der Waals surface area contributed by atoms with E-state index in [-0.39, 0.29) is 16.8 Å². The van der Waals surface area contributed by atoms with Crippen LogP contribution in [0, 0.1) is 18.8 Å². The van der Waals surface area contributed by atoms with Gasteiger partial charge in [0, 0.05) is 37.4 Å². The van der Waals surface area contributed by atoms with Gasteiger partial charge in [0.1, 0.15) is 0 Å². The SMILES string of the molecule is Cc1ccccc1[C@H]1[C@H]2CNC[C@H]2CN1C(=O)c1cccc(S(C)(=O)=O)c1. The number of aryl methyl sites for hydroxylation is 1. The third kappa shape index (κ3) is 3.28. The number of hydrogen-bond donors (Lipinski definition) is 1. The molecule has 0 saturated carbocycles. The molecule has 27 heavy (non-hydrogen) atoms. The molecule has 142 valence electrons. The molecule has 1 N–H and O–H groups in total.